The summed E-state index contributed by atoms with van der Waals surface area (Å²) in [6.07, 6.45) is -1.46. The summed E-state index contributed by atoms with van der Waals surface area (Å²) in [6.45, 7) is 1.77. The van der Waals surface area contributed by atoms with Crippen LogP contribution in [0.1, 0.15) is 17.2 Å². The van der Waals surface area contributed by atoms with Crippen molar-refractivity contribution >= 4 is 44.5 Å². The maximum Gasteiger partial charge on any atom is 0.337 e. The number of aliphatic carboxylic acids is 1. The van der Waals surface area contributed by atoms with Gasteiger partial charge in [0, 0.05) is 13.6 Å². The number of benzene rings is 1. The van der Waals surface area contributed by atoms with Gasteiger partial charge in [-0.15, -0.1) is 0 Å². The molecule has 0 spiro atoms. The number of aliphatic hydroxyl groups excluding tert-OH is 1. The van der Waals surface area contributed by atoms with Crippen molar-refractivity contribution in [3.63, 3.8) is 0 Å². The van der Waals surface area contributed by atoms with Gasteiger partial charge in [0.1, 0.15) is 0 Å². The first kappa shape index (κ1) is 11.9. The molecule has 3 nitrogen and oxygen atoms in total. The lowest BCUT2D eigenvalue weighted by molar-refractivity contribution is -0.147. The molecular formula is C9H8BrIO3. The van der Waals surface area contributed by atoms with E-state index < -0.39 is 12.1 Å². The van der Waals surface area contributed by atoms with Gasteiger partial charge in [0.15, 0.2) is 6.10 Å². The lowest BCUT2D eigenvalue weighted by Crippen LogP contribution is -2.13. The largest absolute Gasteiger partial charge is 0.479 e. The number of rotatable bonds is 2. The molecule has 0 amide bonds. The van der Waals surface area contributed by atoms with Gasteiger partial charge in [-0.1, -0.05) is 15.9 Å². The van der Waals surface area contributed by atoms with E-state index in [2.05, 4.69) is 15.9 Å². The molecule has 2 N–H and O–H groups in total. The number of hydrogen-bond donors (Lipinski definition) is 2. The summed E-state index contributed by atoms with van der Waals surface area (Å²) in [5.74, 6) is -1.23. The first-order valence-corrected chi connectivity index (χ1v) is 5.67. The molecule has 0 aliphatic heterocycles. The van der Waals surface area contributed by atoms with E-state index in [9.17, 15) is 9.90 Å². The van der Waals surface area contributed by atoms with E-state index in [-0.39, 0.29) is 0 Å². The Balaban J connectivity index is 3.32. The molecule has 14 heavy (non-hydrogen) atoms. The Kier molecular flexibility index (Phi) is 3.91. The molecule has 1 rings (SSSR count). The van der Waals surface area contributed by atoms with E-state index in [0.29, 0.717) is 5.56 Å². The Morgan fingerprint density at radius 2 is 2.14 bits per heavy atom. The Bertz CT molecular complexity index is 379. The van der Waals surface area contributed by atoms with Crippen molar-refractivity contribution in [2.45, 2.75) is 13.0 Å². The van der Waals surface area contributed by atoms with Crippen LogP contribution in [0.4, 0.5) is 0 Å². The first-order valence-electron chi connectivity index (χ1n) is 3.80. The summed E-state index contributed by atoms with van der Waals surface area (Å²) >= 11 is 5.30. The SMILES string of the molecule is Cc1c(Br)ccc(I)c1C(O)C(=O)O. The second-order valence-corrected chi connectivity index (χ2v) is 4.83. The molecule has 0 saturated heterocycles. The van der Waals surface area contributed by atoms with Gasteiger partial charge in [0.25, 0.3) is 0 Å². The average Bonchev–Trinajstić information content (AvgIpc) is 2.12. The molecule has 1 aromatic carbocycles. The fourth-order valence-corrected chi connectivity index (χ4v) is 2.35. The van der Waals surface area contributed by atoms with E-state index in [1.54, 1.807) is 13.0 Å². The summed E-state index contributed by atoms with van der Waals surface area (Å²) in [5.41, 5.74) is 1.21. The number of aliphatic hydroxyl groups is 1. The molecule has 76 valence electrons. The van der Waals surface area contributed by atoms with Crippen LogP contribution in [0.15, 0.2) is 16.6 Å². The van der Waals surface area contributed by atoms with Crippen LogP contribution in [0.5, 0.6) is 0 Å². The van der Waals surface area contributed by atoms with Crippen molar-refractivity contribution in [2.24, 2.45) is 0 Å². The Hall–Kier alpha value is -0.140. The molecule has 1 unspecified atom stereocenters. The molecule has 1 aromatic rings. The molecule has 1 atom stereocenters. The van der Waals surface area contributed by atoms with E-state index in [0.717, 1.165) is 13.6 Å². The average molecular weight is 371 g/mol. The van der Waals surface area contributed by atoms with Gasteiger partial charge in [0.05, 0.1) is 0 Å². The van der Waals surface area contributed by atoms with Crippen LogP contribution >= 0.6 is 38.5 Å². The van der Waals surface area contributed by atoms with Gasteiger partial charge < -0.3 is 10.2 Å². The van der Waals surface area contributed by atoms with Crippen LogP contribution in [0, 0.1) is 10.5 Å². The van der Waals surface area contributed by atoms with Crippen LogP contribution in [0.2, 0.25) is 0 Å². The second-order valence-electron chi connectivity index (χ2n) is 2.81. The molecule has 0 bridgehead atoms. The van der Waals surface area contributed by atoms with Gasteiger partial charge in [-0.05, 0) is 47.2 Å². The predicted octanol–water partition coefficient (Wildman–Crippen LogP) is 2.48. The summed E-state index contributed by atoms with van der Waals surface area (Å²) < 4.78 is 1.55. The number of carboxylic acid groups (broad SMARTS) is 1. The van der Waals surface area contributed by atoms with E-state index in [4.69, 9.17) is 5.11 Å². The highest BCUT2D eigenvalue weighted by Crippen LogP contribution is 2.29. The first-order chi connectivity index (χ1) is 6.45. The fourth-order valence-electron chi connectivity index (χ4n) is 1.13. The van der Waals surface area contributed by atoms with Crippen LogP contribution < -0.4 is 0 Å². The van der Waals surface area contributed by atoms with Gasteiger partial charge in [-0.2, -0.15) is 0 Å². The molecule has 0 aromatic heterocycles. The van der Waals surface area contributed by atoms with Gasteiger partial charge in [-0.25, -0.2) is 4.79 Å². The Morgan fingerprint density at radius 3 is 2.64 bits per heavy atom. The van der Waals surface area contributed by atoms with Crippen LogP contribution in [0.25, 0.3) is 0 Å². The lowest BCUT2D eigenvalue weighted by atomic mass is 10.0. The van der Waals surface area contributed by atoms with Crippen molar-refractivity contribution in [1.82, 2.24) is 0 Å². The van der Waals surface area contributed by atoms with E-state index in [1.807, 2.05) is 28.7 Å². The lowest BCUT2D eigenvalue weighted by Gasteiger charge is -2.13. The highest BCUT2D eigenvalue weighted by molar-refractivity contribution is 14.1. The normalized spacial score (nSPS) is 12.6. The highest BCUT2D eigenvalue weighted by Gasteiger charge is 2.21. The second kappa shape index (κ2) is 4.59. The monoisotopic (exact) mass is 370 g/mol. The van der Waals surface area contributed by atoms with Crippen molar-refractivity contribution in [1.29, 1.82) is 0 Å². The minimum Gasteiger partial charge on any atom is -0.479 e. The maximum absolute atomic E-state index is 10.6. The molecule has 0 fully saturated rings. The standard InChI is InChI=1S/C9H8BrIO3/c1-4-5(10)2-3-6(11)7(4)8(12)9(13)14/h2-3,8,12H,1H3,(H,13,14). The molecule has 0 saturated carbocycles. The molecule has 0 heterocycles. The minimum atomic E-state index is -1.46. The van der Waals surface area contributed by atoms with Gasteiger partial charge >= 0.3 is 5.97 Å². The summed E-state index contributed by atoms with van der Waals surface area (Å²) in [5, 5.41) is 18.2. The van der Waals surface area contributed by atoms with Crippen molar-refractivity contribution in [3.05, 3.63) is 31.3 Å². The molecule has 0 aliphatic carbocycles. The van der Waals surface area contributed by atoms with Crippen molar-refractivity contribution < 1.29 is 15.0 Å². The Labute approximate surface area is 103 Å². The fraction of sp³-hybridized carbons (Fsp3) is 0.222. The number of halogens is 2. The van der Waals surface area contributed by atoms with Gasteiger partial charge in [-0.3, -0.25) is 0 Å². The summed E-state index contributed by atoms with van der Waals surface area (Å²) in [4.78, 5) is 10.6. The van der Waals surface area contributed by atoms with Crippen molar-refractivity contribution in [3.8, 4) is 0 Å². The summed E-state index contributed by atoms with van der Waals surface area (Å²) in [6, 6.07) is 3.59. The third-order valence-corrected chi connectivity index (χ3v) is 3.70. The third-order valence-electron chi connectivity index (χ3n) is 1.90. The number of carboxylic acids is 1. The van der Waals surface area contributed by atoms with Crippen LogP contribution in [-0.4, -0.2) is 16.2 Å². The number of hydrogen-bond acceptors (Lipinski definition) is 2. The van der Waals surface area contributed by atoms with Crippen molar-refractivity contribution in [2.75, 3.05) is 0 Å². The summed E-state index contributed by atoms with van der Waals surface area (Å²) in [7, 11) is 0. The Morgan fingerprint density at radius 1 is 1.57 bits per heavy atom. The van der Waals surface area contributed by atoms with E-state index in [1.165, 1.54) is 0 Å². The highest BCUT2D eigenvalue weighted by atomic mass is 127. The smallest absolute Gasteiger partial charge is 0.337 e. The molecule has 0 radical (unpaired) electrons. The minimum absolute atomic E-state index is 0.451. The molecule has 0 aliphatic rings. The van der Waals surface area contributed by atoms with Gasteiger partial charge in [0.2, 0.25) is 0 Å². The topological polar surface area (TPSA) is 57.5 Å². The van der Waals surface area contributed by atoms with E-state index >= 15 is 0 Å². The predicted molar refractivity (Wildman–Crippen MR) is 64.2 cm³/mol. The number of carbonyl (C=O) groups is 1. The quantitative estimate of drug-likeness (QED) is 0.786. The zero-order chi connectivity index (χ0) is 10.9. The zero-order valence-electron chi connectivity index (χ0n) is 7.29. The molecule has 5 heteroatoms. The maximum atomic E-state index is 10.6. The molecular weight excluding hydrogens is 363 g/mol. The third kappa shape index (κ3) is 2.26. The zero-order valence-corrected chi connectivity index (χ0v) is 11.0. The van der Waals surface area contributed by atoms with Crippen LogP contribution in [-0.2, 0) is 4.79 Å². The van der Waals surface area contributed by atoms with Crippen LogP contribution in [0.3, 0.4) is 0 Å².